The number of hydrogen-bond donors (Lipinski definition) is 1. The minimum Gasteiger partial charge on any atom is -0.381 e. The number of rotatable bonds is 3. The highest BCUT2D eigenvalue weighted by Crippen LogP contribution is 2.41. The van der Waals surface area contributed by atoms with Gasteiger partial charge in [0.2, 0.25) is 0 Å². The Balaban J connectivity index is 1.81. The lowest BCUT2D eigenvalue weighted by molar-refractivity contribution is 0.0582. The molecular weight excluding hydrogens is 222 g/mol. The topological polar surface area (TPSA) is 35.2 Å². The third-order valence-electron chi connectivity index (χ3n) is 4.67. The van der Waals surface area contributed by atoms with Crippen LogP contribution in [0.25, 0.3) is 0 Å². The summed E-state index contributed by atoms with van der Waals surface area (Å²) in [7, 11) is 0. The molecule has 1 heterocycles. The van der Waals surface area contributed by atoms with Gasteiger partial charge in [-0.2, -0.15) is 0 Å². The summed E-state index contributed by atoms with van der Waals surface area (Å²) in [5.74, 6) is 1.37. The molecule has 98 valence electrons. The first kappa shape index (κ1) is 12.2. The van der Waals surface area contributed by atoms with Crippen LogP contribution in [0.2, 0.25) is 0 Å². The van der Waals surface area contributed by atoms with Crippen LogP contribution in [0.4, 0.5) is 0 Å². The van der Waals surface area contributed by atoms with Gasteiger partial charge < -0.3 is 10.5 Å². The number of nitrogens with two attached hydrogens (primary N) is 1. The standard InChI is InChI=1S/C16H23NO/c17-16(13-8-10-18-11-9-13)15-7-2-1-6-14(15)12-4-3-5-12/h1-2,6-7,12-13,16H,3-5,8-11,17H2. The highest BCUT2D eigenvalue weighted by molar-refractivity contribution is 5.34. The van der Waals surface area contributed by atoms with Crippen molar-refractivity contribution in [2.75, 3.05) is 13.2 Å². The van der Waals surface area contributed by atoms with E-state index in [9.17, 15) is 0 Å². The Kier molecular flexibility index (Phi) is 3.67. The van der Waals surface area contributed by atoms with Crippen molar-refractivity contribution in [1.29, 1.82) is 0 Å². The van der Waals surface area contributed by atoms with Gasteiger partial charge in [0.1, 0.15) is 0 Å². The third-order valence-corrected chi connectivity index (χ3v) is 4.67. The van der Waals surface area contributed by atoms with Crippen LogP contribution in [0.5, 0.6) is 0 Å². The minimum atomic E-state index is 0.200. The molecule has 1 saturated heterocycles. The molecule has 0 amide bonds. The van der Waals surface area contributed by atoms with Gasteiger partial charge in [-0.1, -0.05) is 30.7 Å². The average Bonchev–Trinajstić information content (AvgIpc) is 2.38. The molecule has 18 heavy (non-hydrogen) atoms. The van der Waals surface area contributed by atoms with Crippen molar-refractivity contribution in [1.82, 2.24) is 0 Å². The zero-order chi connectivity index (χ0) is 12.4. The van der Waals surface area contributed by atoms with Crippen molar-refractivity contribution in [3.05, 3.63) is 35.4 Å². The Morgan fingerprint density at radius 2 is 1.78 bits per heavy atom. The Morgan fingerprint density at radius 3 is 2.44 bits per heavy atom. The van der Waals surface area contributed by atoms with Crippen molar-refractivity contribution >= 4 is 0 Å². The smallest absolute Gasteiger partial charge is 0.0469 e. The van der Waals surface area contributed by atoms with E-state index in [2.05, 4.69) is 24.3 Å². The van der Waals surface area contributed by atoms with Crippen LogP contribution in [-0.4, -0.2) is 13.2 Å². The summed E-state index contributed by atoms with van der Waals surface area (Å²) in [6.45, 7) is 1.76. The molecule has 0 radical (unpaired) electrons. The highest BCUT2D eigenvalue weighted by Gasteiger charge is 2.28. The van der Waals surface area contributed by atoms with Gasteiger partial charge in [-0.15, -0.1) is 0 Å². The van der Waals surface area contributed by atoms with Gasteiger partial charge in [0.05, 0.1) is 0 Å². The first-order valence-electron chi connectivity index (χ1n) is 7.28. The molecule has 2 heteroatoms. The van der Waals surface area contributed by atoms with E-state index in [0.717, 1.165) is 32.0 Å². The second-order valence-corrected chi connectivity index (χ2v) is 5.73. The van der Waals surface area contributed by atoms with E-state index in [1.165, 1.54) is 30.4 Å². The molecule has 2 aliphatic rings. The molecule has 2 N–H and O–H groups in total. The summed E-state index contributed by atoms with van der Waals surface area (Å²) in [6.07, 6.45) is 6.29. The lowest BCUT2D eigenvalue weighted by Crippen LogP contribution is -2.29. The van der Waals surface area contributed by atoms with E-state index in [0.29, 0.717) is 5.92 Å². The molecule has 2 fully saturated rings. The molecule has 1 aromatic carbocycles. The molecule has 1 aromatic rings. The first-order chi connectivity index (χ1) is 8.86. The molecule has 2 nitrogen and oxygen atoms in total. The van der Waals surface area contributed by atoms with E-state index >= 15 is 0 Å². The fourth-order valence-corrected chi connectivity index (χ4v) is 3.23. The number of benzene rings is 1. The van der Waals surface area contributed by atoms with Gasteiger partial charge in [-0.3, -0.25) is 0 Å². The van der Waals surface area contributed by atoms with Gasteiger partial charge in [0, 0.05) is 19.3 Å². The molecule has 0 bridgehead atoms. The SMILES string of the molecule is NC(c1ccccc1C1CCC1)C1CCOCC1. The zero-order valence-corrected chi connectivity index (χ0v) is 11.0. The van der Waals surface area contributed by atoms with E-state index in [1.807, 2.05) is 0 Å². The van der Waals surface area contributed by atoms with Crippen molar-refractivity contribution in [2.45, 2.75) is 44.1 Å². The van der Waals surface area contributed by atoms with Crippen LogP contribution in [0, 0.1) is 5.92 Å². The lowest BCUT2D eigenvalue weighted by atomic mass is 9.75. The summed E-state index contributed by atoms with van der Waals surface area (Å²) < 4.78 is 5.44. The van der Waals surface area contributed by atoms with Crippen molar-refractivity contribution in [3.8, 4) is 0 Å². The van der Waals surface area contributed by atoms with E-state index in [1.54, 1.807) is 0 Å². The second kappa shape index (κ2) is 5.41. The summed E-state index contributed by atoms with van der Waals surface area (Å²) in [5, 5.41) is 0. The summed E-state index contributed by atoms with van der Waals surface area (Å²) in [4.78, 5) is 0. The van der Waals surface area contributed by atoms with Crippen molar-refractivity contribution < 1.29 is 4.74 Å². The van der Waals surface area contributed by atoms with Gasteiger partial charge >= 0.3 is 0 Å². The molecule has 0 spiro atoms. The van der Waals surface area contributed by atoms with E-state index < -0.39 is 0 Å². The predicted molar refractivity (Wildman–Crippen MR) is 73.5 cm³/mol. The van der Waals surface area contributed by atoms with Crippen molar-refractivity contribution in [3.63, 3.8) is 0 Å². The molecule has 1 atom stereocenters. The van der Waals surface area contributed by atoms with Crippen LogP contribution in [0.1, 0.15) is 55.2 Å². The van der Waals surface area contributed by atoms with Crippen LogP contribution in [-0.2, 0) is 4.74 Å². The Labute approximate surface area is 110 Å². The maximum atomic E-state index is 6.53. The number of hydrogen-bond acceptors (Lipinski definition) is 2. The summed E-state index contributed by atoms with van der Waals surface area (Å²) >= 11 is 0. The largest absolute Gasteiger partial charge is 0.381 e. The molecule has 1 aliphatic carbocycles. The van der Waals surface area contributed by atoms with E-state index in [4.69, 9.17) is 10.5 Å². The second-order valence-electron chi connectivity index (χ2n) is 5.73. The molecular formula is C16H23NO. The Hall–Kier alpha value is -0.860. The molecule has 0 aromatic heterocycles. The Bertz CT molecular complexity index is 394. The van der Waals surface area contributed by atoms with Crippen LogP contribution < -0.4 is 5.73 Å². The monoisotopic (exact) mass is 245 g/mol. The maximum Gasteiger partial charge on any atom is 0.0469 e. The van der Waals surface area contributed by atoms with Crippen LogP contribution in [0.15, 0.2) is 24.3 Å². The summed E-state index contributed by atoms with van der Waals surface area (Å²) in [6, 6.07) is 9.03. The molecule has 3 rings (SSSR count). The predicted octanol–water partition coefficient (Wildman–Crippen LogP) is 3.38. The van der Waals surface area contributed by atoms with E-state index in [-0.39, 0.29) is 6.04 Å². The molecule has 1 saturated carbocycles. The lowest BCUT2D eigenvalue weighted by Gasteiger charge is -2.33. The van der Waals surface area contributed by atoms with Gasteiger partial charge in [0.15, 0.2) is 0 Å². The van der Waals surface area contributed by atoms with Gasteiger partial charge in [-0.25, -0.2) is 0 Å². The highest BCUT2D eigenvalue weighted by atomic mass is 16.5. The number of ether oxygens (including phenoxy) is 1. The molecule has 1 unspecified atom stereocenters. The molecule has 1 aliphatic heterocycles. The fourth-order valence-electron chi connectivity index (χ4n) is 3.23. The van der Waals surface area contributed by atoms with Crippen LogP contribution >= 0.6 is 0 Å². The quantitative estimate of drug-likeness (QED) is 0.886. The normalized spacial score (nSPS) is 23.6. The minimum absolute atomic E-state index is 0.200. The average molecular weight is 245 g/mol. The van der Waals surface area contributed by atoms with Gasteiger partial charge in [0.25, 0.3) is 0 Å². The summed E-state index contributed by atoms with van der Waals surface area (Å²) in [5.41, 5.74) is 9.45. The first-order valence-corrected chi connectivity index (χ1v) is 7.28. The van der Waals surface area contributed by atoms with Crippen molar-refractivity contribution in [2.24, 2.45) is 11.7 Å². The van der Waals surface area contributed by atoms with Crippen LogP contribution in [0.3, 0.4) is 0 Å². The maximum absolute atomic E-state index is 6.53. The zero-order valence-electron chi connectivity index (χ0n) is 11.0. The Morgan fingerprint density at radius 1 is 1.06 bits per heavy atom. The third kappa shape index (κ3) is 2.32. The fraction of sp³-hybridized carbons (Fsp3) is 0.625. The van der Waals surface area contributed by atoms with Gasteiger partial charge in [-0.05, 0) is 48.6 Å².